The molecule has 0 bridgehead atoms. The number of carbonyl (C=O) groups is 1. The lowest BCUT2D eigenvalue weighted by atomic mass is 10.1. The normalized spacial score (nSPS) is 18.8. The molecule has 2 atom stereocenters. The van der Waals surface area contributed by atoms with Crippen LogP contribution in [0.4, 0.5) is 10.1 Å². The van der Waals surface area contributed by atoms with Gasteiger partial charge in [0, 0.05) is 12.7 Å². The monoisotopic (exact) mass is 395 g/mol. The largest absolute Gasteiger partial charge is 0.371 e. The fraction of sp³-hybridized carbons (Fsp3) is 0.286. The van der Waals surface area contributed by atoms with Gasteiger partial charge in [0.1, 0.15) is 18.4 Å². The molecule has 0 aliphatic carbocycles. The number of nitrogens with one attached hydrogen (secondary N) is 1. The van der Waals surface area contributed by atoms with Crippen molar-refractivity contribution >= 4 is 11.6 Å². The number of aromatic nitrogens is 3. The van der Waals surface area contributed by atoms with E-state index in [2.05, 4.69) is 15.4 Å². The van der Waals surface area contributed by atoms with Gasteiger partial charge in [-0.2, -0.15) is 0 Å². The molecule has 0 fully saturated rings. The van der Waals surface area contributed by atoms with Gasteiger partial charge in [0.2, 0.25) is 5.82 Å². The van der Waals surface area contributed by atoms with E-state index in [1.54, 1.807) is 22.7 Å². The number of amides is 1. The molecule has 2 heterocycles. The molecule has 7 nitrogen and oxygen atoms in total. The van der Waals surface area contributed by atoms with Crippen LogP contribution < -0.4 is 10.2 Å². The molecule has 0 saturated carbocycles. The van der Waals surface area contributed by atoms with E-state index in [0.29, 0.717) is 25.1 Å². The number of rotatable bonds is 4. The fourth-order valence-corrected chi connectivity index (χ4v) is 3.57. The smallest absolute Gasteiger partial charge is 0.291 e. The summed E-state index contributed by atoms with van der Waals surface area (Å²) >= 11 is 0. The van der Waals surface area contributed by atoms with Crippen molar-refractivity contribution in [1.82, 2.24) is 20.1 Å². The average molecular weight is 395 g/mol. The lowest BCUT2D eigenvalue weighted by molar-refractivity contribution is 0.0819. The second kappa shape index (κ2) is 8.00. The SMILES string of the molecule is CN1c2cc(F)ccc2CC[C@H](NC(=O)c2ncn(Cc3ccccc3)n2)C1O. The summed E-state index contributed by atoms with van der Waals surface area (Å²) in [6.07, 6.45) is 1.64. The van der Waals surface area contributed by atoms with Crippen LogP contribution in [0.2, 0.25) is 0 Å². The van der Waals surface area contributed by atoms with Gasteiger partial charge in [-0.3, -0.25) is 4.79 Å². The number of hydrogen-bond donors (Lipinski definition) is 2. The van der Waals surface area contributed by atoms with Crippen LogP contribution >= 0.6 is 0 Å². The van der Waals surface area contributed by atoms with Gasteiger partial charge in [-0.15, -0.1) is 5.10 Å². The van der Waals surface area contributed by atoms with Crippen molar-refractivity contribution in [2.24, 2.45) is 0 Å². The van der Waals surface area contributed by atoms with Crippen molar-refractivity contribution in [2.45, 2.75) is 31.7 Å². The van der Waals surface area contributed by atoms with Gasteiger partial charge in [-0.25, -0.2) is 14.1 Å². The van der Waals surface area contributed by atoms with Gasteiger partial charge in [0.15, 0.2) is 0 Å². The van der Waals surface area contributed by atoms with E-state index in [9.17, 15) is 14.3 Å². The van der Waals surface area contributed by atoms with Crippen LogP contribution in [0.3, 0.4) is 0 Å². The molecule has 1 amide bonds. The minimum absolute atomic E-state index is 0.0450. The zero-order chi connectivity index (χ0) is 20.4. The highest BCUT2D eigenvalue weighted by molar-refractivity contribution is 5.90. The third-order valence-corrected chi connectivity index (χ3v) is 5.15. The lowest BCUT2D eigenvalue weighted by Gasteiger charge is -2.30. The Bertz CT molecular complexity index is 1010. The molecular formula is C21H22FN5O2. The maximum absolute atomic E-state index is 13.6. The number of likely N-dealkylation sites (N-methyl/N-ethyl adjacent to an activating group) is 1. The zero-order valence-corrected chi connectivity index (χ0v) is 16.0. The number of benzene rings is 2. The van der Waals surface area contributed by atoms with Gasteiger partial charge in [-0.1, -0.05) is 36.4 Å². The molecular weight excluding hydrogens is 373 g/mol. The van der Waals surface area contributed by atoms with E-state index in [1.807, 2.05) is 30.3 Å². The lowest BCUT2D eigenvalue weighted by Crippen LogP contribution is -2.50. The number of hydrogen-bond acceptors (Lipinski definition) is 5. The van der Waals surface area contributed by atoms with E-state index in [0.717, 1.165) is 11.1 Å². The van der Waals surface area contributed by atoms with Gasteiger partial charge in [0.05, 0.1) is 12.6 Å². The first-order valence-corrected chi connectivity index (χ1v) is 9.45. The van der Waals surface area contributed by atoms with Crippen LogP contribution in [-0.2, 0) is 13.0 Å². The number of carbonyl (C=O) groups excluding carboxylic acids is 1. The molecule has 1 aliphatic heterocycles. The van der Waals surface area contributed by atoms with Gasteiger partial charge in [-0.05, 0) is 36.1 Å². The first-order chi connectivity index (χ1) is 14.0. The summed E-state index contributed by atoms with van der Waals surface area (Å²) in [5, 5.41) is 17.8. The molecule has 0 radical (unpaired) electrons. The van der Waals surface area contributed by atoms with E-state index >= 15 is 0 Å². The number of nitrogens with zero attached hydrogens (tertiary/aromatic N) is 4. The highest BCUT2D eigenvalue weighted by Gasteiger charge is 2.30. The van der Waals surface area contributed by atoms with Gasteiger partial charge >= 0.3 is 0 Å². The summed E-state index contributed by atoms with van der Waals surface area (Å²) in [5.41, 5.74) is 2.60. The second-order valence-electron chi connectivity index (χ2n) is 7.17. The van der Waals surface area contributed by atoms with Crippen LogP contribution in [0.15, 0.2) is 54.9 Å². The van der Waals surface area contributed by atoms with Crippen molar-refractivity contribution in [3.05, 3.63) is 77.6 Å². The Morgan fingerprint density at radius 3 is 2.86 bits per heavy atom. The molecule has 1 aliphatic rings. The molecule has 2 N–H and O–H groups in total. The Balaban J connectivity index is 1.45. The van der Waals surface area contributed by atoms with Crippen molar-refractivity contribution in [3.63, 3.8) is 0 Å². The number of anilines is 1. The molecule has 8 heteroatoms. The summed E-state index contributed by atoms with van der Waals surface area (Å²) in [6, 6.07) is 13.7. The Hall–Kier alpha value is -3.26. The van der Waals surface area contributed by atoms with Crippen LogP contribution in [0.5, 0.6) is 0 Å². The number of aliphatic hydroxyl groups excluding tert-OH is 1. The summed E-state index contributed by atoms with van der Waals surface area (Å²) in [5.74, 6) is -0.770. The first-order valence-electron chi connectivity index (χ1n) is 9.45. The quantitative estimate of drug-likeness (QED) is 0.706. The maximum atomic E-state index is 13.6. The Labute approximate surface area is 167 Å². The van der Waals surface area contributed by atoms with Crippen molar-refractivity contribution < 1.29 is 14.3 Å². The van der Waals surface area contributed by atoms with Crippen LogP contribution in [0, 0.1) is 5.82 Å². The first kappa shape index (κ1) is 19.1. The summed E-state index contributed by atoms with van der Waals surface area (Å²) in [7, 11) is 1.68. The van der Waals surface area contributed by atoms with E-state index < -0.39 is 18.2 Å². The maximum Gasteiger partial charge on any atom is 0.291 e. The average Bonchev–Trinajstić information content (AvgIpc) is 3.16. The molecule has 1 aromatic heterocycles. The predicted octanol–water partition coefficient (Wildman–Crippen LogP) is 1.96. The number of aryl methyl sites for hydroxylation is 1. The topological polar surface area (TPSA) is 83.3 Å². The van der Waals surface area contributed by atoms with E-state index in [1.165, 1.54) is 18.5 Å². The van der Waals surface area contributed by atoms with Crippen LogP contribution in [-0.4, -0.2) is 45.1 Å². The second-order valence-corrected chi connectivity index (χ2v) is 7.17. The fourth-order valence-electron chi connectivity index (χ4n) is 3.57. The highest BCUT2D eigenvalue weighted by atomic mass is 19.1. The van der Waals surface area contributed by atoms with Crippen molar-refractivity contribution in [2.75, 3.05) is 11.9 Å². The summed E-state index contributed by atoms with van der Waals surface area (Å²) in [6.45, 7) is 0.511. The third kappa shape index (κ3) is 4.12. The Morgan fingerprint density at radius 2 is 2.07 bits per heavy atom. The van der Waals surface area contributed by atoms with Gasteiger partial charge < -0.3 is 15.3 Å². The van der Waals surface area contributed by atoms with E-state index in [4.69, 9.17) is 0 Å². The highest BCUT2D eigenvalue weighted by Crippen LogP contribution is 2.28. The Kier molecular flexibility index (Phi) is 5.26. The van der Waals surface area contributed by atoms with E-state index in [-0.39, 0.29) is 11.6 Å². The van der Waals surface area contributed by atoms with Crippen LogP contribution in [0.1, 0.15) is 28.2 Å². The molecule has 0 spiro atoms. The van der Waals surface area contributed by atoms with Crippen molar-refractivity contribution in [1.29, 1.82) is 0 Å². The number of halogens is 1. The minimum atomic E-state index is -0.992. The number of aliphatic hydroxyl groups is 1. The predicted molar refractivity (Wildman–Crippen MR) is 106 cm³/mol. The molecule has 4 rings (SSSR count). The minimum Gasteiger partial charge on any atom is -0.371 e. The van der Waals surface area contributed by atoms with Crippen molar-refractivity contribution in [3.8, 4) is 0 Å². The van der Waals surface area contributed by atoms with Crippen LogP contribution in [0.25, 0.3) is 0 Å². The molecule has 29 heavy (non-hydrogen) atoms. The molecule has 3 aromatic rings. The zero-order valence-electron chi connectivity index (χ0n) is 16.0. The number of fused-ring (bicyclic) bond motifs is 1. The molecule has 1 unspecified atom stereocenters. The standard InChI is InChI=1S/C21H22FN5O2/c1-26-18-11-16(22)9-7-15(18)8-10-17(21(26)29)24-20(28)19-23-13-27(25-19)12-14-5-3-2-4-6-14/h2-7,9,11,13,17,21,29H,8,10,12H2,1H3,(H,24,28)/t17-,21?/m0/s1. The molecule has 150 valence electrons. The Morgan fingerprint density at radius 1 is 1.28 bits per heavy atom. The van der Waals surface area contributed by atoms with Gasteiger partial charge in [0.25, 0.3) is 5.91 Å². The molecule has 2 aromatic carbocycles. The third-order valence-electron chi connectivity index (χ3n) is 5.15. The summed E-state index contributed by atoms with van der Waals surface area (Å²) < 4.78 is 15.2. The summed E-state index contributed by atoms with van der Waals surface area (Å²) in [4.78, 5) is 18.3. The molecule has 0 saturated heterocycles.